The zero-order valence-corrected chi connectivity index (χ0v) is 14.4. The molecule has 5 heteroatoms. The molecule has 0 aromatic heterocycles. The molecule has 1 heterocycles. The van der Waals surface area contributed by atoms with E-state index in [4.69, 9.17) is 18.0 Å². The van der Waals surface area contributed by atoms with Gasteiger partial charge in [0.2, 0.25) is 0 Å². The molecule has 1 aliphatic carbocycles. The largest absolute Gasteiger partial charge is 0.389 e. The van der Waals surface area contributed by atoms with Crippen LogP contribution >= 0.6 is 28.1 Å². The van der Waals surface area contributed by atoms with E-state index < -0.39 is 0 Å². The van der Waals surface area contributed by atoms with Gasteiger partial charge < -0.3 is 10.6 Å². The lowest BCUT2D eigenvalue weighted by Crippen LogP contribution is -2.47. The highest BCUT2D eigenvalue weighted by Crippen LogP contribution is 2.40. The van der Waals surface area contributed by atoms with Crippen molar-refractivity contribution < 1.29 is 4.39 Å². The third-order valence-electron chi connectivity index (χ3n) is 4.88. The summed E-state index contributed by atoms with van der Waals surface area (Å²) < 4.78 is 15.2. The first kappa shape index (κ1) is 15.2. The SMILES string of the molecule is NC(=S)c1ccc(N2CCC[C@H]3CCCC[C@H]32)c(F)c1Br. The van der Waals surface area contributed by atoms with Gasteiger partial charge in [0, 0.05) is 18.2 Å². The molecule has 3 rings (SSSR count). The van der Waals surface area contributed by atoms with E-state index in [0.717, 1.165) is 18.9 Å². The molecular weight excluding hydrogens is 351 g/mol. The fourth-order valence-corrected chi connectivity index (χ4v) is 4.73. The lowest BCUT2D eigenvalue weighted by atomic mass is 9.78. The van der Waals surface area contributed by atoms with E-state index in [-0.39, 0.29) is 10.8 Å². The summed E-state index contributed by atoms with van der Waals surface area (Å²) in [6.07, 6.45) is 7.48. The van der Waals surface area contributed by atoms with Gasteiger partial charge in [0.15, 0.2) is 5.82 Å². The van der Waals surface area contributed by atoms with Crippen LogP contribution in [0, 0.1) is 11.7 Å². The number of thiocarbonyl (C=S) groups is 1. The predicted octanol–water partition coefficient (Wildman–Crippen LogP) is 4.38. The summed E-state index contributed by atoms with van der Waals surface area (Å²) in [5.41, 5.74) is 6.91. The Balaban J connectivity index is 1.95. The van der Waals surface area contributed by atoms with Gasteiger partial charge in [-0.2, -0.15) is 0 Å². The fraction of sp³-hybridized carbons (Fsp3) is 0.562. The van der Waals surface area contributed by atoms with Crippen molar-refractivity contribution in [1.82, 2.24) is 0 Å². The normalized spacial score (nSPS) is 25.5. The fourth-order valence-electron chi connectivity index (χ4n) is 3.88. The number of hydrogen-bond donors (Lipinski definition) is 1. The Morgan fingerprint density at radius 3 is 2.71 bits per heavy atom. The zero-order chi connectivity index (χ0) is 15.0. The number of nitrogens with two attached hydrogens (primary N) is 1. The van der Waals surface area contributed by atoms with Crippen molar-refractivity contribution in [3.05, 3.63) is 28.0 Å². The maximum absolute atomic E-state index is 14.8. The zero-order valence-electron chi connectivity index (χ0n) is 11.9. The van der Waals surface area contributed by atoms with Gasteiger partial charge in [0.25, 0.3) is 0 Å². The lowest BCUT2D eigenvalue weighted by molar-refractivity contribution is 0.242. The summed E-state index contributed by atoms with van der Waals surface area (Å²) in [7, 11) is 0. The van der Waals surface area contributed by atoms with Crippen LogP contribution in [0.25, 0.3) is 0 Å². The number of anilines is 1. The Bertz CT molecular complexity index is 561. The highest BCUT2D eigenvalue weighted by atomic mass is 79.9. The van der Waals surface area contributed by atoms with E-state index in [2.05, 4.69) is 20.8 Å². The lowest BCUT2D eigenvalue weighted by Gasteiger charge is -2.45. The van der Waals surface area contributed by atoms with Crippen LogP contribution in [-0.2, 0) is 0 Å². The average Bonchev–Trinajstić information content (AvgIpc) is 2.49. The molecule has 2 nitrogen and oxygen atoms in total. The summed E-state index contributed by atoms with van der Waals surface area (Å²) in [4.78, 5) is 2.50. The second kappa shape index (κ2) is 6.21. The molecular formula is C16H20BrFN2S. The van der Waals surface area contributed by atoms with Crippen molar-refractivity contribution in [1.29, 1.82) is 0 Å². The first-order chi connectivity index (χ1) is 10.1. The van der Waals surface area contributed by atoms with Crippen molar-refractivity contribution in [3.8, 4) is 0 Å². The van der Waals surface area contributed by atoms with Crippen LogP contribution in [-0.4, -0.2) is 17.6 Å². The molecule has 0 unspecified atom stereocenters. The van der Waals surface area contributed by atoms with Gasteiger partial charge in [0.05, 0.1) is 10.2 Å². The number of halogens is 2. The van der Waals surface area contributed by atoms with Crippen LogP contribution in [0.15, 0.2) is 16.6 Å². The molecule has 2 N–H and O–H groups in total. The monoisotopic (exact) mass is 370 g/mol. The van der Waals surface area contributed by atoms with E-state index in [1.807, 2.05) is 12.1 Å². The maximum atomic E-state index is 14.8. The van der Waals surface area contributed by atoms with Gasteiger partial charge in [0.1, 0.15) is 4.99 Å². The number of nitrogens with zero attached hydrogens (tertiary/aromatic N) is 1. The number of fused-ring (bicyclic) bond motifs is 1. The number of hydrogen-bond acceptors (Lipinski definition) is 2. The third-order valence-corrected chi connectivity index (χ3v) is 5.88. The van der Waals surface area contributed by atoms with Crippen molar-refractivity contribution in [3.63, 3.8) is 0 Å². The molecule has 1 saturated heterocycles. The van der Waals surface area contributed by atoms with Crippen LogP contribution in [0.4, 0.5) is 10.1 Å². The second-order valence-corrected chi connectivity index (χ2v) is 7.30. The second-order valence-electron chi connectivity index (χ2n) is 6.07. The van der Waals surface area contributed by atoms with Crippen molar-refractivity contribution >= 4 is 38.8 Å². The molecule has 0 radical (unpaired) electrons. The van der Waals surface area contributed by atoms with Gasteiger partial charge in [-0.05, 0) is 59.7 Å². The van der Waals surface area contributed by atoms with Crippen molar-refractivity contribution in [2.24, 2.45) is 11.7 Å². The van der Waals surface area contributed by atoms with Gasteiger partial charge in [-0.3, -0.25) is 0 Å². The highest BCUT2D eigenvalue weighted by Gasteiger charge is 2.34. The molecule has 1 aromatic carbocycles. The van der Waals surface area contributed by atoms with Crippen LogP contribution in [0.1, 0.15) is 44.1 Å². The third kappa shape index (κ3) is 2.82. The summed E-state index contributed by atoms with van der Waals surface area (Å²) in [6.45, 7) is 0.941. The van der Waals surface area contributed by atoms with Crippen LogP contribution in [0.3, 0.4) is 0 Å². The van der Waals surface area contributed by atoms with Gasteiger partial charge in [-0.25, -0.2) is 4.39 Å². The van der Waals surface area contributed by atoms with E-state index in [1.54, 1.807) is 0 Å². The summed E-state index contributed by atoms with van der Waals surface area (Å²) >= 11 is 8.29. The van der Waals surface area contributed by atoms with E-state index in [9.17, 15) is 4.39 Å². The number of rotatable bonds is 2. The minimum Gasteiger partial charge on any atom is -0.389 e. The molecule has 1 saturated carbocycles. The molecule has 1 aromatic rings. The highest BCUT2D eigenvalue weighted by molar-refractivity contribution is 9.10. The Morgan fingerprint density at radius 1 is 1.24 bits per heavy atom. The maximum Gasteiger partial charge on any atom is 0.161 e. The molecule has 2 aliphatic rings. The van der Waals surface area contributed by atoms with E-state index in [1.165, 1.54) is 32.1 Å². The standard InChI is InChI=1S/C16H20BrFN2S/c17-14-11(16(19)21)7-8-13(15(14)18)20-9-3-5-10-4-1-2-6-12(10)20/h7-8,10,12H,1-6,9H2,(H2,19,21)/t10-,12-/m1/s1. The molecule has 0 bridgehead atoms. The topological polar surface area (TPSA) is 29.3 Å². The predicted molar refractivity (Wildman–Crippen MR) is 92.3 cm³/mol. The molecule has 2 atom stereocenters. The van der Waals surface area contributed by atoms with Gasteiger partial charge in [-0.15, -0.1) is 0 Å². The molecule has 0 amide bonds. The Morgan fingerprint density at radius 2 is 1.95 bits per heavy atom. The Kier molecular flexibility index (Phi) is 4.50. The van der Waals surface area contributed by atoms with Gasteiger partial charge in [-0.1, -0.05) is 25.1 Å². The van der Waals surface area contributed by atoms with Gasteiger partial charge >= 0.3 is 0 Å². The van der Waals surface area contributed by atoms with E-state index in [0.29, 0.717) is 21.8 Å². The molecule has 1 aliphatic heterocycles. The quantitative estimate of drug-likeness (QED) is 0.783. The Hall–Kier alpha value is -0.680. The van der Waals surface area contributed by atoms with Crippen LogP contribution < -0.4 is 10.6 Å². The number of piperidine rings is 1. The van der Waals surface area contributed by atoms with E-state index >= 15 is 0 Å². The average molecular weight is 371 g/mol. The van der Waals surface area contributed by atoms with Crippen molar-refractivity contribution in [2.45, 2.75) is 44.6 Å². The summed E-state index contributed by atoms with van der Waals surface area (Å²) in [6, 6.07) is 4.16. The first-order valence-electron chi connectivity index (χ1n) is 7.64. The minimum absolute atomic E-state index is 0.224. The first-order valence-corrected chi connectivity index (χ1v) is 8.84. The molecule has 114 valence electrons. The molecule has 2 fully saturated rings. The molecule has 0 spiro atoms. The van der Waals surface area contributed by atoms with Crippen molar-refractivity contribution in [2.75, 3.05) is 11.4 Å². The van der Waals surface area contributed by atoms with Crippen LogP contribution in [0.2, 0.25) is 0 Å². The smallest absolute Gasteiger partial charge is 0.161 e. The number of benzene rings is 1. The summed E-state index contributed by atoms with van der Waals surface area (Å²) in [5.74, 6) is 0.493. The van der Waals surface area contributed by atoms with Crippen LogP contribution in [0.5, 0.6) is 0 Å². The minimum atomic E-state index is -0.230. The summed E-state index contributed by atoms with van der Waals surface area (Å²) in [5, 5.41) is 0. The Labute approximate surface area is 139 Å². The molecule has 21 heavy (non-hydrogen) atoms.